The second kappa shape index (κ2) is 27.4. The molecular formula is C24H50N2O. The summed E-state index contributed by atoms with van der Waals surface area (Å²) in [5.41, 5.74) is 5.13. The van der Waals surface area contributed by atoms with Gasteiger partial charge in [0.05, 0.1) is 0 Å². The van der Waals surface area contributed by atoms with Crippen molar-refractivity contribution in [1.29, 1.82) is 0 Å². The van der Waals surface area contributed by atoms with Crippen molar-refractivity contribution in [2.24, 2.45) is 5.73 Å². The standard InChI is InChI=1S/C22H43NO.C2H7N/c1-2-3-4-5-6-7-8-9-10-11-12-13-14-15-16-17-18-19-20-21-22(23)24;1-3-2/h9-10H,2-8,11-21H2,1H3,(H2,23,24);3H,1-2H3/b10-9-;. The fourth-order valence-electron chi connectivity index (χ4n) is 3.08. The number of carbonyl (C=O) groups excluding carboxylic acids is 1. The first kappa shape index (κ1) is 28.4. The summed E-state index contributed by atoms with van der Waals surface area (Å²) < 4.78 is 0. The first-order valence-electron chi connectivity index (χ1n) is 11.7. The van der Waals surface area contributed by atoms with Gasteiger partial charge in [0, 0.05) is 6.42 Å². The molecule has 0 fully saturated rings. The highest BCUT2D eigenvalue weighted by Gasteiger charge is 1.95. The summed E-state index contributed by atoms with van der Waals surface area (Å²) in [6.07, 6.45) is 27.8. The molecule has 1 amide bonds. The van der Waals surface area contributed by atoms with E-state index in [1.54, 1.807) is 0 Å². The topological polar surface area (TPSA) is 55.1 Å². The highest BCUT2D eigenvalue weighted by molar-refractivity contribution is 5.73. The molecule has 0 aliphatic carbocycles. The van der Waals surface area contributed by atoms with Crippen molar-refractivity contribution in [3.05, 3.63) is 12.2 Å². The quantitative estimate of drug-likeness (QED) is 0.188. The van der Waals surface area contributed by atoms with Crippen LogP contribution in [0.5, 0.6) is 0 Å². The van der Waals surface area contributed by atoms with E-state index in [0.717, 1.165) is 12.8 Å². The molecule has 0 atom stereocenters. The third-order valence-corrected chi connectivity index (χ3v) is 4.68. The van der Waals surface area contributed by atoms with Crippen LogP contribution in [-0.4, -0.2) is 20.0 Å². The predicted molar refractivity (Wildman–Crippen MR) is 122 cm³/mol. The highest BCUT2D eigenvalue weighted by Crippen LogP contribution is 2.12. The van der Waals surface area contributed by atoms with E-state index in [9.17, 15) is 4.79 Å². The van der Waals surface area contributed by atoms with E-state index in [0.29, 0.717) is 6.42 Å². The molecule has 3 heteroatoms. The van der Waals surface area contributed by atoms with E-state index < -0.39 is 0 Å². The summed E-state index contributed by atoms with van der Waals surface area (Å²) in [7, 11) is 3.75. The summed E-state index contributed by atoms with van der Waals surface area (Å²) in [5, 5.41) is 2.75. The van der Waals surface area contributed by atoms with E-state index in [1.807, 2.05) is 14.1 Å². The van der Waals surface area contributed by atoms with Crippen LogP contribution >= 0.6 is 0 Å². The Balaban J connectivity index is 0. The smallest absolute Gasteiger partial charge is 0.217 e. The lowest BCUT2D eigenvalue weighted by atomic mass is 10.1. The monoisotopic (exact) mass is 382 g/mol. The number of allylic oxidation sites excluding steroid dienone is 2. The summed E-state index contributed by atoms with van der Waals surface area (Å²) in [6.45, 7) is 2.28. The predicted octanol–water partition coefficient (Wildman–Crippen LogP) is 6.91. The van der Waals surface area contributed by atoms with Crippen LogP contribution in [0.1, 0.15) is 122 Å². The van der Waals surface area contributed by atoms with Gasteiger partial charge in [-0.2, -0.15) is 0 Å². The Morgan fingerprint density at radius 3 is 1.37 bits per heavy atom. The number of rotatable bonds is 19. The fraction of sp³-hybridized carbons (Fsp3) is 0.875. The molecule has 0 heterocycles. The van der Waals surface area contributed by atoms with Crippen molar-refractivity contribution >= 4 is 5.91 Å². The van der Waals surface area contributed by atoms with Crippen molar-refractivity contribution in [2.45, 2.75) is 122 Å². The van der Waals surface area contributed by atoms with Gasteiger partial charge in [-0.1, -0.05) is 96.1 Å². The van der Waals surface area contributed by atoms with Crippen LogP contribution in [-0.2, 0) is 4.79 Å². The first-order chi connectivity index (χ1) is 13.2. The normalized spacial score (nSPS) is 10.8. The minimum atomic E-state index is -0.156. The number of nitrogens with two attached hydrogens (primary N) is 1. The molecule has 0 rings (SSSR count). The summed E-state index contributed by atoms with van der Waals surface area (Å²) in [5.74, 6) is -0.156. The average molecular weight is 383 g/mol. The van der Waals surface area contributed by atoms with Crippen LogP contribution in [0.15, 0.2) is 12.2 Å². The highest BCUT2D eigenvalue weighted by atomic mass is 16.1. The fourth-order valence-corrected chi connectivity index (χ4v) is 3.08. The molecule has 0 spiro atoms. The zero-order valence-electron chi connectivity index (χ0n) is 18.9. The second-order valence-corrected chi connectivity index (χ2v) is 7.71. The molecule has 0 unspecified atom stereocenters. The zero-order chi connectivity index (χ0) is 20.4. The SMILES string of the molecule is CCCCCCCC/C=C\CCCCCCCCCCCC(N)=O.CNC. The molecule has 3 nitrogen and oxygen atoms in total. The van der Waals surface area contributed by atoms with Gasteiger partial charge in [0.1, 0.15) is 0 Å². The van der Waals surface area contributed by atoms with E-state index >= 15 is 0 Å². The lowest BCUT2D eigenvalue weighted by Crippen LogP contribution is -2.09. The maximum Gasteiger partial charge on any atom is 0.217 e. The maximum absolute atomic E-state index is 10.6. The molecule has 0 aromatic heterocycles. The average Bonchev–Trinajstić information content (AvgIpc) is 2.64. The molecule has 162 valence electrons. The van der Waals surface area contributed by atoms with E-state index in [2.05, 4.69) is 24.4 Å². The number of unbranched alkanes of at least 4 members (excludes halogenated alkanes) is 15. The largest absolute Gasteiger partial charge is 0.370 e. The molecule has 0 radical (unpaired) electrons. The van der Waals surface area contributed by atoms with Gasteiger partial charge in [-0.3, -0.25) is 4.79 Å². The molecule has 0 saturated heterocycles. The molecule has 3 N–H and O–H groups in total. The van der Waals surface area contributed by atoms with Crippen LogP contribution < -0.4 is 11.1 Å². The van der Waals surface area contributed by atoms with Crippen molar-refractivity contribution in [3.63, 3.8) is 0 Å². The van der Waals surface area contributed by atoms with Crippen LogP contribution in [0.4, 0.5) is 0 Å². The maximum atomic E-state index is 10.6. The summed E-state index contributed by atoms with van der Waals surface area (Å²) in [4.78, 5) is 10.6. The summed E-state index contributed by atoms with van der Waals surface area (Å²) >= 11 is 0. The Labute approximate surface area is 171 Å². The lowest BCUT2D eigenvalue weighted by molar-refractivity contribution is -0.118. The van der Waals surface area contributed by atoms with Crippen LogP contribution in [0.3, 0.4) is 0 Å². The molecule has 0 saturated carbocycles. The molecule has 0 aromatic carbocycles. The van der Waals surface area contributed by atoms with Crippen molar-refractivity contribution in [1.82, 2.24) is 5.32 Å². The van der Waals surface area contributed by atoms with Crippen molar-refractivity contribution in [3.8, 4) is 0 Å². The molecule has 0 aliphatic heterocycles. The molecule has 0 bridgehead atoms. The Kier molecular flexibility index (Phi) is 28.8. The Morgan fingerprint density at radius 2 is 1.00 bits per heavy atom. The van der Waals surface area contributed by atoms with Gasteiger partial charge in [0.25, 0.3) is 0 Å². The number of primary amides is 1. The number of hydrogen-bond donors (Lipinski definition) is 2. The van der Waals surface area contributed by atoms with Gasteiger partial charge >= 0.3 is 0 Å². The van der Waals surface area contributed by atoms with E-state index in [4.69, 9.17) is 5.73 Å². The van der Waals surface area contributed by atoms with Gasteiger partial charge in [0.15, 0.2) is 0 Å². The van der Waals surface area contributed by atoms with Crippen molar-refractivity contribution < 1.29 is 4.79 Å². The van der Waals surface area contributed by atoms with Gasteiger partial charge in [-0.15, -0.1) is 0 Å². The molecular weight excluding hydrogens is 332 g/mol. The van der Waals surface area contributed by atoms with Crippen LogP contribution in [0.25, 0.3) is 0 Å². The first-order valence-corrected chi connectivity index (χ1v) is 11.7. The number of amides is 1. The number of carbonyl (C=O) groups is 1. The Morgan fingerprint density at radius 1 is 0.667 bits per heavy atom. The van der Waals surface area contributed by atoms with Crippen LogP contribution in [0, 0.1) is 0 Å². The zero-order valence-corrected chi connectivity index (χ0v) is 18.9. The Hall–Kier alpha value is -0.830. The lowest BCUT2D eigenvalue weighted by Gasteiger charge is -2.01. The van der Waals surface area contributed by atoms with Gasteiger partial charge in [-0.25, -0.2) is 0 Å². The molecule has 27 heavy (non-hydrogen) atoms. The number of nitrogens with one attached hydrogen (secondary N) is 1. The van der Waals surface area contributed by atoms with Crippen molar-refractivity contribution in [2.75, 3.05) is 14.1 Å². The van der Waals surface area contributed by atoms with Gasteiger partial charge in [0.2, 0.25) is 5.91 Å². The van der Waals surface area contributed by atoms with Crippen LogP contribution in [0.2, 0.25) is 0 Å². The molecule has 0 aromatic rings. The second-order valence-electron chi connectivity index (χ2n) is 7.71. The van der Waals surface area contributed by atoms with E-state index in [-0.39, 0.29) is 5.91 Å². The van der Waals surface area contributed by atoms with Gasteiger partial charge in [-0.05, 0) is 46.2 Å². The summed E-state index contributed by atoms with van der Waals surface area (Å²) in [6, 6.07) is 0. The van der Waals surface area contributed by atoms with Gasteiger partial charge < -0.3 is 11.1 Å². The minimum absolute atomic E-state index is 0.156. The minimum Gasteiger partial charge on any atom is -0.370 e. The third-order valence-electron chi connectivity index (χ3n) is 4.68. The third kappa shape index (κ3) is 33.2. The molecule has 0 aliphatic rings. The Bertz CT molecular complexity index is 303. The van der Waals surface area contributed by atoms with E-state index in [1.165, 1.54) is 96.3 Å². The number of hydrogen-bond acceptors (Lipinski definition) is 2.